The molecule has 10 nitrogen and oxygen atoms in total. The van der Waals surface area contributed by atoms with E-state index < -0.39 is 0 Å². The zero-order valence-corrected chi connectivity index (χ0v) is 25.0. The molecule has 1 aliphatic carbocycles. The summed E-state index contributed by atoms with van der Waals surface area (Å²) in [6.07, 6.45) is 18.0. The Bertz CT molecular complexity index is 1250. The number of nitrogens with zero attached hydrogens (tertiary/aromatic N) is 6. The molecule has 1 fully saturated rings. The van der Waals surface area contributed by atoms with Crippen molar-refractivity contribution < 1.29 is 4.79 Å². The molecule has 1 aliphatic rings. The molecule has 0 radical (unpaired) electrons. The summed E-state index contributed by atoms with van der Waals surface area (Å²) in [5.41, 5.74) is 1.85. The Hall–Kier alpha value is -3.76. The summed E-state index contributed by atoms with van der Waals surface area (Å²) >= 11 is 0. The number of H-pyrrole nitrogens is 3. The maximum Gasteiger partial charge on any atom is 0.254 e. The van der Waals surface area contributed by atoms with Crippen LogP contribution in [0.25, 0.3) is 0 Å². The van der Waals surface area contributed by atoms with Crippen molar-refractivity contribution in [1.82, 2.24) is 44.6 Å². The molecule has 0 unspecified atom stereocenters. The van der Waals surface area contributed by atoms with E-state index in [1.54, 1.807) is 29.7 Å². The summed E-state index contributed by atoms with van der Waals surface area (Å²) in [5, 5.41) is 0. The first-order valence-electron chi connectivity index (χ1n) is 15.4. The fourth-order valence-electron chi connectivity index (χ4n) is 6.23. The van der Waals surface area contributed by atoms with Gasteiger partial charge < -0.3 is 24.8 Å². The second-order valence-electron chi connectivity index (χ2n) is 11.4. The van der Waals surface area contributed by atoms with E-state index in [4.69, 9.17) is 0 Å². The Morgan fingerprint density at radius 2 is 1.17 bits per heavy atom. The standard InChI is InChI=1S/C32H45N9O/c1-3-19-39(20-4-2)27-9-11-28(12-10-27)40(22-29-33-13-14-34-29)21-25-5-7-26(8-6-25)32(42)41(23-30-35-15-16-36-30)24-31-37-17-18-38-31/h5-8,13-18,27-28H,3-4,9-12,19-24H2,1-2H3,(H,33,34)(H,35,36)(H,37,38)/t27-,28-. The number of imidazole rings is 3. The molecule has 224 valence electrons. The van der Waals surface area contributed by atoms with E-state index in [0.717, 1.165) is 30.6 Å². The summed E-state index contributed by atoms with van der Waals surface area (Å²) in [4.78, 5) is 43.3. The molecule has 0 spiro atoms. The van der Waals surface area contributed by atoms with Crippen molar-refractivity contribution in [2.24, 2.45) is 0 Å². The smallest absolute Gasteiger partial charge is 0.254 e. The summed E-state index contributed by atoms with van der Waals surface area (Å²) in [5.74, 6) is 2.42. The summed E-state index contributed by atoms with van der Waals surface area (Å²) in [6, 6.07) is 9.29. The molecule has 3 N–H and O–H groups in total. The topological polar surface area (TPSA) is 113 Å². The number of aromatic amines is 3. The van der Waals surface area contributed by atoms with Crippen LogP contribution in [0.1, 0.15) is 85.8 Å². The molecular formula is C32H45N9O. The van der Waals surface area contributed by atoms with Crippen LogP contribution >= 0.6 is 0 Å². The lowest BCUT2D eigenvalue weighted by atomic mass is 9.88. The van der Waals surface area contributed by atoms with Gasteiger partial charge >= 0.3 is 0 Å². The minimum atomic E-state index is -0.0520. The number of carbonyl (C=O) groups excluding carboxylic acids is 1. The Morgan fingerprint density at radius 3 is 1.62 bits per heavy atom. The molecule has 1 aromatic carbocycles. The van der Waals surface area contributed by atoms with Crippen molar-refractivity contribution >= 4 is 5.91 Å². The van der Waals surface area contributed by atoms with E-state index in [2.05, 4.69) is 65.7 Å². The van der Waals surface area contributed by atoms with Crippen LogP contribution in [0.2, 0.25) is 0 Å². The second-order valence-corrected chi connectivity index (χ2v) is 11.4. The molecule has 0 aliphatic heterocycles. The Morgan fingerprint density at radius 1 is 0.690 bits per heavy atom. The maximum atomic E-state index is 13.6. The monoisotopic (exact) mass is 571 g/mol. The van der Waals surface area contributed by atoms with Gasteiger partial charge in [-0.1, -0.05) is 26.0 Å². The SMILES string of the molecule is CCCN(CCC)[C@H]1CC[C@H](N(Cc2ccc(C(=O)N(Cc3ncc[nH]3)Cc3ncc[nH]3)cc2)Cc2ncc[nH]2)CC1. The van der Waals surface area contributed by atoms with E-state index >= 15 is 0 Å². The first-order valence-corrected chi connectivity index (χ1v) is 15.4. The lowest BCUT2D eigenvalue weighted by molar-refractivity contribution is 0.0721. The van der Waals surface area contributed by atoms with Crippen molar-refractivity contribution in [3.05, 3.63) is 90.0 Å². The minimum absolute atomic E-state index is 0.0520. The van der Waals surface area contributed by atoms with Gasteiger partial charge in [0.25, 0.3) is 5.91 Å². The van der Waals surface area contributed by atoms with Crippen molar-refractivity contribution in [2.45, 2.75) is 90.6 Å². The largest absolute Gasteiger partial charge is 0.348 e. The van der Waals surface area contributed by atoms with Gasteiger partial charge in [-0.3, -0.25) is 9.69 Å². The molecule has 1 amide bonds. The van der Waals surface area contributed by atoms with E-state index in [9.17, 15) is 4.79 Å². The van der Waals surface area contributed by atoms with Gasteiger partial charge in [-0.05, 0) is 69.3 Å². The third-order valence-electron chi connectivity index (χ3n) is 8.29. The molecular weight excluding hydrogens is 526 g/mol. The average Bonchev–Trinajstić information content (AvgIpc) is 3.82. The van der Waals surface area contributed by atoms with Crippen LogP contribution < -0.4 is 0 Å². The summed E-state index contributed by atoms with van der Waals surface area (Å²) in [6.45, 7) is 9.33. The number of aromatic nitrogens is 6. The van der Waals surface area contributed by atoms with Crippen LogP contribution in [0.5, 0.6) is 0 Å². The minimum Gasteiger partial charge on any atom is -0.348 e. The molecule has 5 rings (SSSR count). The molecule has 0 atom stereocenters. The normalized spacial score (nSPS) is 17.2. The van der Waals surface area contributed by atoms with Crippen molar-refractivity contribution in [1.29, 1.82) is 0 Å². The highest BCUT2D eigenvalue weighted by molar-refractivity contribution is 5.94. The number of hydrogen-bond donors (Lipinski definition) is 3. The van der Waals surface area contributed by atoms with Crippen LogP contribution in [0.3, 0.4) is 0 Å². The lowest BCUT2D eigenvalue weighted by Crippen LogP contribution is -2.44. The third kappa shape index (κ3) is 7.95. The molecule has 1 saturated carbocycles. The Balaban J connectivity index is 1.26. The molecule has 0 bridgehead atoms. The van der Waals surface area contributed by atoms with E-state index in [1.165, 1.54) is 57.2 Å². The molecule has 3 heterocycles. The highest BCUT2D eigenvalue weighted by atomic mass is 16.2. The first kappa shape index (κ1) is 29.7. The van der Waals surface area contributed by atoms with Gasteiger partial charge in [0.2, 0.25) is 0 Å². The molecule has 42 heavy (non-hydrogen) atoms. The maximum absolute atomic E-state index is 13.6. The van der Waals surface area contributed by atoms with Crippen LogP contribution in [-0.4, -0.2) is 75.7 Å². The Labute approximate surface area is 249 Å². The van der Waals surface area contributed by atoms with Gasteiger partial charge in [0.15, 0.2) is 0 Å². The van der Waals surface area contributed by atoms with Crippen molar-refractivity contribution in [3.63, 3.8) is 0 Å². The van der Waals surface area contributed by atoms with Crippen molar-refractivity contribution in [3.8, 4) is 0 Å². The zero-order chi connectivity index (χ0) is 29.1. The molecule has 4 aromatic rings. The van der Waals surface area contributed by atoms with Gasteiger partial charge in [-0.25, -0.2) is 15.0 Å². The number of carbonyl (C=O) groups is 1. The quantitative estimate of drug-likeness (QED) is 0.182. The fourth-order valence-corrected chi connectivity index (χ4v) is 6.23. The van der Waals surface area contributed by atoms with Crippen molar-refractivity contribution in [2.75, 3.05) is 13.1 Å². The van der Waals surface area contributed by atoms with Crippen LogP contribution in [0.4, 0.5) is 0 Å². The molecule has 10 heteroatoms. The highest BCUT2D eigenvalue weighted by Crippen LogP contribution is 2.29. The van der Waals surface area contributed by atoms with Crippen LogP contribution in [0, 0.1) is 0 Å². The highest BCUT2D eigenvalue weighted by Gasteiger charge is 2.29. The predicted molar refractivity (Wildman–Crippen MR) is 163 cm³/mol. The third-order valence-corrected chi connectivity index (χ3v) is 8.29. The van der Waals surface area contributed by atoms with E-state index in [1.807, 2.05) is 24.5 Å². The number of nitrogens with one attached hydrogen (secondary N) is 3. The van der Waals surface area contributed by atoms with Gasteiger partial charge in [0.05, 0.1) is 19.6 Å². The van der Waals surface area contributed by atoms with Gasteiger partial charge in [-0.15, -0.1) is 0 Å². The summed E-state index contributed by atoms with van der Waals surface area (Å²) in [7, 11) is 0. The second kappa shape index (κ2) is 14.9. The first-order chi connectivity index (χ1) is 20.6. The van der Waals surface area contributed by atoms with E-state index in [-0.39, 0.29) is 5.91 Å². The number of amides is 1. The lowest BCUT2D eigenvalue weighted by Gasteiger charge is -2.40. The van der Waals surface area contributed by atoms with Crippen LogP contribution in [-0.2, 0) is 26.2 Å². The van der Waals surface area contributed by atoms with Gasteiger partial charge in [0, 0.05) is 61.4 Å². The van der Waals surface area contributed by atoms with Gasteiger partial charge in [0.1, 0.15) is 17.5 Å². The summed E-state index contributed by atoms with van der Waals surface area (Å²) < 4.78 is 0. The predicted octanol–water partition coefficient (Wildman–Crippen LogP) is 5.13. The number of hydrogen-bond acceptors (Lipinski definition) is 6. The van der Waals surface area contributed by atoms with Gasteiger partial charge in [-0.2, -0.15) is 0 Å². The van der Waals surface area contributed by atoms with E-state index in [0.29, 0.717) is 30.7 Å². The Kier molecular flexibility index (Phi) is 10.6. The molecule has 0 saturated heterocycles. The number of rotatable bonds is 15. The fraction of sp³-hybridized carbons (Fsp3) is 0.500. The van der Waals surface area contributed by atoms with Crippen LogP contribution in [0.15, 0.2) is 61.4 Å². The molecule has 3 aromatic heterocycles. The zero-order valence-electron chi connectivity index (χ0n) is 25.0. The number of benzene rings is 1. The average molecular weight is 572 g/mol.